The average molecular weight is 230 g/mol. The predicted molar refractivity (Wildman–Crippen MR) is 53.4 cm³/mol. The fourth-order valence-corrected chi connectivity index (χ4v) is 1.58. The molecule has 0 heterocycles. The Labute approximate surface area is 87.1 Å². The molecule has 1 amide bonds. The van der Waals surface area contributed by atoms with E-state index in [2.05, 4.69) is 4.72 Å². The lowest BCUT2D eigenvalue weighted by molar-refractivity contribution is 0.201. The zero-order valence-electron chi connectivity index (χ0n) is 7.67. The van der Waals surface area contributed by atoms with E-state index in [1.807, 2.05) is 0 Å². The minimum absolute atomic E-state index is 0.0451. The number of amides is 1. The molecule has 0 aliphatic carbocycles. The maximum Gasteiger partial charge on any atom is 0.419 e. The van der Waals surface area contributed by atoms with E-state index in [9.17, 15) is 13.2 Å². The van der Waals surface area contributed by atoms with Crippen molar-refractivity contribution in [1.82, 2.24) is 9.44 Å². The SMILES string of the molecule is O=C(O)NS(=O)(=O)NCc1ccccc1. The topological polar surface area (TPSA) is 95.5 Å². The lowest BCUT2D eigenvalue weighted by atomic mass is 10.2. The summed E-state index contributed by atoms with van der Waals surface area (Å²) in [6, 6.07) is 8.77. The first-order chi connectivity index (χ1) is 6.99. The fourth-order valence-electron chi connectivity index (χ4n) is 0.925. The Morgan fingerprint density at radius 3 is 2.40 bits per heavy atom. The molecule has 0 saturated heterocycles. The molecule has 0 aliphatic heterocycles. The van der Waals surface area contributed by atoms with E-state index in [1.54, 1.807) is 30.3 Å². The number of nitrogens with one attached hydrogen (secondary N) is 2. The molecule has 0 saturated carbocycles. The molecule has 0 fully saturated rings. The Hall–Kier alpha value is -1.60. The maximum atomic E-state index is 11.0. The molecule has 0 spiro atoms. The highest BCUT2D eigenvalue weighted by molar-refractivity contribution is 7.88. The number of carboxylic acid groups (broad SMARTS) is 1. The maximum absolute atomic E-state index is 11.0. The third-order valence-electron chi connectivity index (χ3n) is 1.53. The molecule has 0 aliphatic rings. The largest absolute Gasteiger partial charge is 0.464 e. The van der Waals surface area contributed by atoms with E-state index in [4.69, 9.17) is 5.11 Å². The molecular formula is C8H10N2O4S. The van der Waals surface area contributed by atoms with Gasteiger partial charge in [0.15, 0.2) is 0 Å². The van der Waals surface area contributed by atoms with Crippen molar-refractivity contribution < 1.29 is 18.3 Å². The second-order valence-electron chi connectivity index (χ2n) is 2.72. The Balaban J connectivity index is 2.54. The summed E-state index contributed by atoms with van der Waals surface area (Å²) in [5.41, 5.74) is 0.744. The van der Waals surface area contributed by atoms with Crippen LogP contribution in [0.4, 0.5) is 4.79 Å². The summed E-state index contributed by atoms with van der Waals surface area (Å²) in [4.78, 5) is 10.1. The van der Waals surface area contributed by atoms with Crippen LogP contribution in [-0.4, -0.2) is 19.6 Å². The van der Waals surface area contributed by atoms with E-state index in [-0.39, 0.29) is 6.54 Å². The number of hydrogen-bond acceptors (Lipinski definition) is 3. The van der Waals surface area contributed by atoms with Crippen molar-refractivity contribution in [2.45, 2.75) is 6.54 Å². The molecule has 1 aromatic carbocycles. The van der Waals surface area contributed by atoms with Gasteiger partial charge in [-0.15, -0.1) is 0 Å². The summed E-state index contributed by atoms with van der Waals surface area (Å²) in [5, 5.41) is 8.22. The van der Waals surface area contributed by atoms with Crippen molar-refractivity contribution in [2.24, 2.45) is 0 Å². The van der Waals surface area contributed by atoms with Gasteiger partial charge in [-0.3, -0.25) is 0 Å². The highest BCUT2D eigenvalue weighted by Crippen LogP contribution is 1.97. The molecule has 0 bridgehead atoms. The van der Waals surface area contributed by atoms with E-state index < -0.39 is 16.3 Å². The lowest BCUT2D eigenvalue weighted by Crippen LogP contribution is -2.39. The number of hydrogen-bond donors (Lipinski definition) is 3. The van der Waals surface area contributed by atoms with Gasteiger partial charge >= 0.3 is 16.3 Å². The van der Waals surface area contributed by atoms with Crippen LogP contribution in [0.1, 0.15) is 5.56 Å². The molecule has 0 unspecified atom stereocenters. The third-order valence-corrected chi connectivity index (χ3v) is 2.50. The second kappa shape index (κ2) is 4.76. The van der Waals surface area contributed by atoms with Gasteiger partial charge < -0.3 is 5.11 Å². The minimum atomic E-state index is -3.98. The monoisotopic (exact) mass is 230 g/mol. The molecule has 1 aromatic rings. The van der Waals surface area contributed by atoms with Crippen LogP contribution >= 0.6 is 0 Å². The van der Waals surface area contributed by atoms with E-state index in [1.165, 1.54) is 4.72 Å². The van der Waals surface area contributed by atoms with Crippen molar-refractivity contribution in [2.75, 3.05) is 0 Å². The van der Waals surface area contributed by atoms with Crippen LogP contribution in [0.25, 0.3) is 0 Å². The van der Waals surface area contributed by atoms with Crippen LogP contribution < -0.4 is 9.44 Å². The van der Waals surface area contributed by atoms with Gasteiger partial charge in [0, 0.05) is 6.54 Å². The van der Waals surface area contributed by atoms with Gasteiger partial charge in [0.1, 0.15) is 0 Å². The predicted octanol–water partition coefficient (Wildman–Crippen LogP) is 0.289. The molecule has 7 heteroatoms. The first kappa shape index (κ1) is 11.5. The van der Waals surface area contributed by atoms with Gasteiger partial charge in [0.25, 0.3) is 0 Å². The Bertz CT molecular complexity index is 429. The summed E-state index contributed by atoms with van der Waals surface area (Å²) in [5.74, 6) is 0. The van der Waals surface area contributed by atoms with Gasteiger partial charge in [-0.2, -0.15) is 13.1 Å². The van der Waals surface area contributed by atoms with Crippen molar-refractivity contribution in [3.8, 4) is 0 Å². The van der Waals surface area contributed by atoms with Crippen molar-refractivity contribution in [1.29, 1.82) is 0 Å². The molecule has 1 rings (SSSR count). The first-order valence-corrected chi connectivity index (χ1v) is 5.52. The quantitative estimate of drug-likeness (QED) is 0.692. The molecule has 0 atom stereocenters. The zero-order chi connectivity index (χ0) is 11.3. The number of benzene rings is 1. The lowest BCUT2D eigenvalue weighted by Gasteiger charge is -2.05. The molecule has 0 radical (unpaired) electrons. The van der Waals surface area contributed by atoms with Gasteiger partial charge in [-0.1, -0.05) is 30.3 Å². The molecule has 0 aromatic heterocycles. The van der Waals surface area contributed by atoms with Crippen LogP contribution in [-0.2, 0) is 16.8 Å². The highest BCUT2D eigenvalue weighted by Gasteiger charge is 2.11. The van der Waals surface area contributed by atoms with Crippen LogP contribution in [0.3, 0.4) is 0 Å². The number of carbonyl (C=O) groups is 1. The zero-order valence-corrected chi connectivity index (χ0v) is 8.49. The van der Waals surface area contributed by atoms with Gasteiger partial charge in [0.05, 0.1) is 0 Å². The molecule has 6 nitrogen and oxygen atoms in total. The highest BCUT2D eigenvalue weighted by atomic mass is 32.2. The summed E-state index contributed by atoms with van der Waals surface area (Å²) >= 11 is 0. The standard InChI is InChI=1S/C8H10N2O4S/c11-8(12)10-15(13,14)9-6-7-4-2-1-3-5-7/h1-5,9-10H,6H2,(H,11,12). The summed E-state index contributed by atoms with van der Waals surface area (Å²) < 4.78 is 25.5. The Morgan fingerprint density at radius 2 is 1.87 bits per heavy atom. The molecule has 82 valence electrons. The number of rotatable bonds is 4. The normalized spacial score (nSPS) is 10.9. The van der Waals surface area contributed by atoms with Gasteiger partial charge in [-0.25, -0.2) is 9.52 Å². The van der Waals surface area contributed by atoms with E-state index in [0.29, 0.717) is 0 Å². The van der Waals surface area contributed by atoms with Crippen molar-refractivity contribution >= 4 is 16.3 Å². The molecule has 15 heavy (non-hydrogen) atoms. The summed E-state index contributed by atoms with van der Waals surface area (Å²) in [7, 11) is -3.98. The second-order valence-corrected chi connectivity index (χ2v) is 4.22. The smallest absolute Gasteiger partial charge is 0.419 e. The van der Waals surface area contributed by atoms with Crippen LogP contribution in [0.5, 0.6) is 0 Å². The Kier molecular flexibility index (Phi) is 3.64. The molecule has 3 N–H and O–H groups in total. The summed E-state index contributed by atoms with van der Waals surface area (Å²) in [6.07, 6.45) is -1.62. The average Bonchev–Trinajstić information content (AvgIpc) is 2.15. The van der Waals surface area contributed by atoms with Gasteiger partial charge in [-0.05, 0) is 5.56 Å². The third kappa shape index (κ3) is 4.43. The van der Waals surface area contributed by atoms with E-state index >= 15 is 0 Å². The minimum Gasteiger partial charge on any atom is -0.464 e. The van der Waals surface area contributed by atoms with Gasteiger partial charge in [0.2, 0.25) is 0 Å². The van der Waals surface area contributed by atoms with Crippen molar-refractivity contribution in [3.63, 3.8) is 0 Å². The summed E-state index contributed by atoms with van der Waals surface area (Å²) in [6.45, 7) is 0.0451. The van der Waals surface area contributed by atoms with Crippen molar-refractivity contribution in [3.05, 3.63) is 35.9 Å². The molecular weight excluding hydrogens is 220 g/mol. The van der Waals surface area contributed by atoms with Crippen LogP contribution in [0, 0.1) is 0 Å². The van der Waals surface area contributed by atoms with E-state index in [0.717, 1.165) is 5.56 Å². The van der Waals surface area contributed by atoms with Crippen LogP contribution in [0.2, 0.25) is 0 Å². The first-order valence-electron chi connectivity index (χ1n) is 4.04. The Morgan fingerprint density at radius 1 is 1.27 bits per heavy atom. The van der Waals surface area contributed by atoms with Crippen LogP contribution in [0.15, 0.2) is 30.3 Å². The fraction of sp³-hybridized carbons (Fsp3) is 0.125.